The van der Waals surface area contributed by atoms with Crippen molar-refractivity contribution in [3.8, 4) is 0 Å². The molecule has 6 atom stereocenters. The normalized spacial score (nSPS) is 33.4. The Morgan fingerprint density at radius 3 is 2.17 bits per heavy atom. The minimum atomic E-state index is -0.204. The number of imide groups is 1. The van der Waals surface area contributed by atoms with E-state index in [9.17, 15) is 9.59 Å². The Hall–Kier alpha value is -1.89. The zero-order chi connectivity index (χ0) is 20.3. The Kier molecular flexibility index (Phi) is 4.68. The molecule has 2 aromatic rings. The largest absolute Gasteiger partial charge is 0.359 e. The van der Waals surface area contributed by atoms with Crippen molar-refractivity contribution in [2.24, 2.45) is 17.8 Å². The van der Waals surface area contributed by atoms with Gasteiger partial charge in [0.25, 0.3) is 0 Å². The van der Waals surface area contributed by atoms with Gasteiger partial charge < -0.3 is 4.90 Å². The van der Waals surface area contributed by atoms with Crippen LogP contribution in [0.2, 0.25) is 0 Å². The zero-order valence-corrected chi connectivity index (χ0v) is 18.8. The highest BCUT2D eigenvalue weighted by Crippen LogP contribution is 2.56. The van der Waals surface area contributed by atoms with Crippen LogP contribution in [0.5, 0.6) is 0 Å². The molecule has 0 spiro atoms. The van der Waals surface area contributed by atoms with Crippen molar-refractivity contribution >= 4 is 40.1 Å². The average Bonchev–Trinajstić information content (AvgIpc) is 3.06. The van der Waals surface area contributed by atoms with Gasteiger partial charge in [-0.15, -0.1) is 0 Å². The molecule has 150 valence electrons. The van der Waals surface area contributed by atoms with E-state index in [1.165, 1.54) is 11.1 Å². The number of rotatable bonds is 2. The third kappa shape index (κ3) is 3.00. The summed E-state index contributed by atoms with van der Waals surface area (Å²) in [5.74, 6) is -0.384. The number of carbonyl (C=O) groups excluding carboxylic acids is 2. The molecule has 0 radical (unpaired) electrons. The van der Waals surface area contributed by atoms with Crippen LogP contribution in [0, 0.1) is 31.6 Å². The van der Waals surface area contributed by atoms with E-state index in [1.807, 2.05) is 0 Å². The molecule has 1 aliphatic carbocycles. The Bertz CT molecular complexity index is 956. The first-order valence-corrected chi connectivity index (χ1v) is 11.6. The number of anilines is 1. The van der Waals surface area contributed by atoms with Gasteiger partial charge in [-0.05, 0) is 44.4 Å². The van der Waals surface area contributed by atoms with Gasteiger partial charge in [0, 0.05) is 27.5 Å². The maximum atomic E-state index is 13.1. The topological polar surface area (TPSA) is 49.4 Å². The van der Waals surface area contributed by atoms with Crippen molar-refractivity contribution in [2.45, 2.75) is 42.7 Å². The first-order chi connectivity index (χ1) is 14.0. The van der Waals surface area contributed by atoms with Crippen LogP contribution in [-0.2, 0) is 9.59 Å². The summed E-state index contributed by atoms with van der Waals surface area (Å²) in [6.07, 6.45) is 1.87. The quantitative estimate of drug-likeness (QED) is 0.380. The summed E-state index contributed by atoms with van der Waals surface area (Å²) >= 11 is 2.55. The van der Waals surface area contributed by atoms with Crippen LogP contribution in [-0.4, -0.2) is 21.8 Å². The molecule has 0 aromatic heterocycles. The number of halogens is 1. The predicted octanol–water partition coefficient (Wildman–Crippen LogP) is 4.34. The van der Waals surface area contributed by atoms with Crippen LogP contribution in [0.3, 0.4) is 0 Å². The van der Waals surface area contributed by atoms with Crippen LogP contribution in [0.1, 0.15) is 35.6 Å². The molecule has 2 amide bonds. The lowest BCUT2D eigenvalue weighted by molar-refractivity contribution is -0.144. The fourth-order valence-electron chi connectivity index (χ4n) is 5.68. The maximum Gasteiger partial charge on any atom is 0.232 e. The van der Waals surface area contributed by atoms with E-state index >= 15 is 0 Å². The molecular weight excluding hydrogens is 475 g/mol. The van der Waals surface area contributed by atoms with Crippen molar-refractivity contribution in [2.75, 3.05) is 4.90 Å². The maximum absolute atomic E-state index is 13.1. The van der Waals surface area contributed by atoms with Gasteiger partial charge in [-0.2, -0.15) is 0 Å². The van der Waals surface area contributed by atoms with Gasteiger partial charge in [0.2, 0.25) is 11.8 Å². The lowest BCUT2D eigenvalue weighted by Crippen LogP contribution is -2.56. The number of carbonyl (C=O) groups is 2. The molecule has 5 rings (SSSR count). The van der Waals surface area contributed by atoms with E-state index in [1.54, 1.807) is 0 Å². The molecule has 2 saturated heterocycles. The smallest absolute Gasteiger partial charge is 0.232 e. The second-order valence-corrected chi connectivity index (χ2v) is 10.3. The SMILES string of the molecule is Cc1ccc([C@@H]2[C@@H]3C(=O)NC(=O)[C@@H]4CC[C@@H](I)[C@@H]([C@H]34)N2c2ccc(C)cc2)cc1. The van der Waals surface area contributed by atoms with Crippen LogP contribution in [0.4, 0.5) is 5.69 Å². The van der Waals surface area contributed by atoms with Gasteiger partial charge in [0.15, 0.2) is 0 Å². The molecule has 1 saturated carbocycles. The number of amides is 2. The fraction of sp³-hybridized carbons (Fsp3) is 0.417. The number of piperidine rings is 1. The highest BCUT2D eigenvalue weighted by Gasteiger charge is 2.62. The third-order valence-electron chi connectivity index (χ3n) is 7.00. The number of nitrogens with zero attached hydrogens (tertiary/aromatic N) is 1. The Labute approximate surface area is 185 Å². The minimum absolute atomic E-state index is 0.0562. The number of hydrogen-bond acceptors (Lipinski definition) is 3. The molecule has 2 aromatic carbocycles. The molecule has 3 aliphatic rings. The van der Waals surface area contributed by atoms with Gasteiger partial charge in [-0.3, -0.25) is 14.9 Å². The second-order valence-electron chi connectivity index (χ2n) is 8.75. The van der Waals surface area contributed by atoms with Crippen molar-refractivity contribution in [3.05, 3.63) is 65.2 Å². The highest BCUT2D eigenvalue weighted by atomic mass is 127. The number of aryl methyl sites for hydroxylation is 2. The number of alkyl halides is 1. The van der Waals surface area contributed by atoms with Gasteiger partial charge in [0.05, 0.1) is 12.0 Å². The summed E-state index contributed by atoms with van der Waals surface area (Å²) in [6.45, 7) is 4.17. The van der Waals surface area contributed by atoms with Crippen LogP contribution >= 0.6 is 22.6 Å². The van der Waals surface area contributed by atoms with E-state index in [4.69, 9.17) is 0 Å². The molecule has 0 unspecified atom stereocenters. The molecule has 2 heterocycles. The second kappa shape index (κ2) is 7.11. The molecule has 0 bridgehead atoms. The lowest BCUT2D eigenvalue weighted by atomic mass is 9.67. The third-order valence-corrected chi connectivity index (χ3v) is 8.36. The first kappa shape index (κ1) is 19.1. The lowest BCUT2D eigenvalue weighted by Gasteiger charge is -2.42. The summed E-state index contributed by atoms with van der Waals surface area (Å²) < 4.78 is 0.409. The van der Waals surface area contributed by atoms with Gasteiger partial charge in [-0.1, -0.05) is 70.1 Å². The van der Waals surface area contributed by atoms with Crippen molar-refractivity contribution in [3.63, 3.8) is 0 Å². The zero-order valence-electron chi connectivity index (χ0n) is 16.6. The van der Waals surface area contributed by atoms with E-state index in [0.29, 0.717) is 3.92 Å². The highest BCUT2D eigenvalue weighted by molar-refractivity contribution is 14.1. The van der Waals surface area contributed by atoms with Gasteiger partial charge >= 0.3 is 0 Å². The summed E-state index contributed by atoms with van der Waals surface area (Å²) in [6, 6.07) is 17.3. The molecule has 3 fully saturated rings. The number of hydrogen-bond donors (Lipinski definition) is 1. The summed E-state index contributed by atoms with van der Waals surface area (Å²) in [5, 5.41) is 2.71. The predicted molar refractivity (Wildman–Crippen MR) is 122 cm³/mol. The number of nitrogens with one attached hydrogen (secondary N) is 1. The summed E-state index contributed by atoms with van der Waals surface area (Å²) in [7, 11) is 0. The Balaban J connectivity index is 1.70. The van der Waals surface area contributed by atoms with E-state index in [2.05, 4.69) is 95.2 Å². The van der Waals surface area contributed by atoms with Gasteiger partial charge in [0.1, 0.15) is 0 Å². The van der Waals surface area contributed by atoms with Crippen LogP contribution in [0.15, 0.2) is 48.5 Å². The fourth-order valence-corrected chi connectivity index (χ4v) is 6.86. The van der Waals surface area contributed by atoms with Crippen LogP contribution < -0.4 is 10.2 Å². The van der Waals surface area contributed by atoms with E-state index in [0.717, 1.165) is 24.1 Å². The number of benzene rings is 2. The van der Waals surface area contributed by atoms with Crippen molar-refractivity contribution < 1.29 is 9.59 Å². The molecule has 4 nitrogen and oxygen atoms in total. The molecular formula is C24H25IN2O2. The van der Waals surface area contributed by atoms with Crippen molar-refractivity contribution in [1.29, 1.82) is 0 Å². The minimum Gasteiger partial charge on any atom is -0.359 e. The van der Waals surface area contributed by atoms with Crippen molar-refractivity contribution in [1.82, 2.24) is 5.32 Å². The molecule has 2 aliphatic heterocycles. The Morgan fingerprint density at radius 2 is 1.52 bits per heavy atom. The first-order valence-electron chi connectivity index (χ1n) is 10.4. The summed E-state index contributed by atoms with van der Waals surface area (Å²) in [5.41, 5.74) is 4.72. The van der Waals surface area contributed by atoms with Crippen LogP contribution in [0.25, 0.3) is 0 Å². The monoisotopic (exact) mass is 500 g/mol. The van der Waals surface area contributed by atoms with E-state index < -0.39 is 0 Å². The molecule has 5 heteroatoms. The molecule has 29 heavy (non-hydrogen) atoms. The standard InChI is InChI=1S/C24H25IN2O2/c1-13-3-7-15(8-4-13)21-20-19-17(23(28)26-24(20)29)11-12-18(25)22(19)27(21)16-9-5-14(2)6-10-16/h3-10,17-22H,11-12H2,1-2H3,(H,26,28,29)/t17-,18-,19+,20-,21-,22+/m1/s1. The Morgan fingerprint density at radius 1 is 0.897 bits per heavy atom. The average molecular weight is 500 g/mol. The molecule has 1 N–H and O–H groups in total. The van der Waals surface area contributed by atoms with E-state index in [-0.39, 0.29) is 41.7 Å². The summed E-state index contributed by atoms with van der Waals surface area (Å²) in [4.78, 5) is 28.3. The van der Waals surface area contributed by atoms with Gasteiger partial charge in [-0.25, -0.2) is 0 Å².